The summed E-state index contributed by atoms with van der Waals surface area (Å²) in [5.41, 5.74) is 7.12. The highest BCUT2D eigenvalue weighted by molar-refractivity contribution is 5.86. The van der Waals surface area contributed by atoms with E-state index in [1.54, 1.807) is 7.05 Å². The van der Waals surface area contributed by atoms with Crippen LogP contribution in [0.2, 0.25) is 0 Å². The molecule has 0 bridgehead atoms. The zero-order valence-electron chi connectivity index (χ0n) is 11.1. The fourth-order valence-corrected chi connectivity index (χ4v) is 2.14. The summed E-state index contributed by atoms with van der Waals surface area (Å²) in [5.74, 6) is -0.645. The van der Waals surface area contributed by atoms with E-state index in [0.717, 1.165) is 16.6 Å². The van der Waals surface area contributed by atoms with Crippen molar-refractivity contribution in [1.82, 2.24) is 9.47 Å². The zero-order chi connectivity index (χ0) is 14.0. The Morgan fingerprint density at radius 1 is 1.32 bits per heavy atom. The standard InChI is InChI=1S/C14H17N3O2/c1-10-7-11-5-3-4-6-12(11)17(10)9-14(19)16(2)8-13(15)18/h3-7H,8-9H2,1-2H3,(H2,15,18). The van der Waals surface area contributed by atoms with Gasteiger partial charge < -0.3 is 15.2 Å². The van der Waals surface area contributed by atoms with Crippen LogP contribution in [0.15, 0.2) is 30.3 Å². The molecule has 2 N–H and O–H groups in total. The quantitative estimate of drug-likeness (QED) is 0.886. The Kier molecular flexibility index (Phi) is 3.55. The molecule has 100 valence electrons. The van der Waals surface area contributed by atoms with Crippen molar-refractivity contribution < 1.29 is 9.59 Å². The maximum Gasteiger partial charge on any atom is 0.242 e. The first-order valence-corrected chi connectivity index (χ1v) is 6.06. The van der Waals surface area contributed by atoms with Crippen LogP contribution < -0.4 is 5.73 Å². The van der Waals surface area contributed by atoms with Crippen LogP contribution in [0.25, 0.3) is 10.9 Å². The van der Waals surface area contributed by atoms with Crippen LogP contribution in [0.3, 0.4) is 0 Å². The number of nitrogens with zero attached hydrogens (tertiary/aromatic N) is 2. The van der Waals surface area contributed by atoms with Crippen LogP contribution in [0.5, 0.6) is 0 Å². The SMILES string of the molecule is Cc1cc2ccccc2n1CC(=O)N(C)CC(N)=O. The summed E-state index contributed by atoms with van der Waals surface area (Å²) < 4.78 is 1.94. The summed E-state index contributed by atoms with van der Waals surface area (Å²) in [6.07, 6.45) is 0. The molecule has 0 atom stereocenters. The number of nitrogens with two attached hydrogens (primary N) is 1. The molecule has 0 saturated carbocycles. The molecule has 1 aromatic heterocycles. The molecule has 0 aliphatic carbocycles. The van der Waals surface area contributed by atoms with Crippen molar-refractivity contribution in [2.75, 3.05) is 13.6 Å². The zero-order valence-corrected chi connectivity index (χ0v) is 11.1. The summed E-state index contributed by atoms with van der Waals surface area (Å²) in [4.78, 5) is 24.2. The Bertz CT molecular complexity index is 631. The number of fused-ring (bicyclic) bond motifs is 1. The lowest BCUT2D eigenvalue weighted by Gasteiger charge is -2.16. The fraction of sp³-hybridized carbons (Fsp3) is 0.286. The molecule has 0 fully saturated rings. The van der Waals surface area contributed by atoms with Crippen LogP contribution in [-0.2, 0) is 16.1 Å². The number of aromatic nitrogens is 1. The highest BCUT2D eigenvalue weighted by Gasteiger charge is 2.14. The topological polar surface area (TPSA) is 68.3 Å². The number of para-hydroxylation sites is 1. The van der Waals surface area contributed by atoms with E-state index in [1.165, 1.54) is 4.90 Å². The summed E-state index contributed by atoms with van der Waals surface area (Å²) >= 11 is 0. The molecule has 19 heavy (non-hydrogen) atoms. The van der Waals surface area contributed by atoms with E-state index in [1.807, 2.05) is 41.8 Å². The summed E-state index contributed by atoms with van der Waals surface area (Å²) in [7, 11) is 1.58. The number of likely N-dealkylation sites (N-methyl/N-ethyl adjacent to an activating group) is 1. The van der Waals surface area contributed by atoms with Gasteiger partial charge in [-0.2, -0.15) is 0 Å². The van der Waals surface area contributed by atoms with Crippen molar-refractivity contribution in [2.45, 2.75) is 13.5 Å². The molecule has 1 aromatic carbocycles. The lowest BCUT2D eigenvalue weighted by molar-refractivity contribution is -0.134. The second-order valence-electron chi connectivity index (χ2n) is 4.65. The maximum atomic E-state index is 12.0. The van der Waals surface area contributed by atoms with Crippen molar-refractivity contribution in [2.24, 2.45) is 5.73 Å². The first-order valence-electron chi connectivity index (χ1n) is 6.06. The van der Waals surface area contributed by atoms with Crippen molar-refractivity contribution in [3.63, 3.8) is 0 Å². The van der Waals surface area contributed by atoms with E-state index < -0.39 is 5.91 Å². The van der Waals surface area contributed by atoms with Gasteiger partial charge in [-0.15, -0.1) is 0 Å². The second-order valence-corrected chi connectivity index (χ2v) is 4.65. The molecular weight excluding hydrogens is 242 g/mol. The number of rotatable bonds is 4. The van der Waals surface area contributed by atoms with Gasteiger partial charge in [0.1, 0.15) is 6.54 Å². The van der Waals surface area contributed by atoms with Crippen molar-refractivity contribution in [1.29, 1.82) is 0 Å². The minimum absolute atomic E-state index is 0.0585. The van der Waals surface area contributed by atoms with Gasteiger partial charge in [0, 0.05) is 18.3 Å². The van der Waals surface area contributed by atoms with Gasteiger partial charge >= 0.3 is 0 Å². The predicted molar refractivity (Wildman–Crippen MR) is 73.5 cm³/mol. The lowest BCUT2D eigenvalue weighted by Crippen LogP contribution is -2.37. The van der Waals surface area contributed by atoms with Gasteiger partial charge in [-0.25, -0.2) is 0 Å². The van der Waals surface area contributed by atoms with E-state index in [9.17, 15) is 9.59 Å². The van der Waals surface area contributed by atoms with Crippen LogP contribution >= 0.6 is 0 Å². The molecule has 0 spiro atoms. The van der Waals surface area contributed by atoms with E-state index in [-0.39, 0.29) is 19.0 Å². The molecule has 2 aromatic rings. The monoisotopic (exact) mass is 259 g/mol. The normalized spacial score (nSPS) is 10.6. The van der Waals surface area contributed by atoms with Crippen molar-refractivity contribution >= 4 is 22.7 Å². The van der Waals surface area contributed by atoms with Gasteiger partial charge in [0.2, 0.25) is 11.8 Å². The average molecular weight is 259 g/mol. The third-order valence-electron chi connectivity index (χ3n) is 3.13. The van der Waals surface area contributed by atoms with Gasteiger partial charge in [-0.3, -0.25) is 9.59 Å². The fourth-order valence-electron chi connectivity index (χ4n) is 2.14. The van der Waals surface area contributed by atoms with Crippen LogP contribution in [0, 0.1) is 6.92 Å². The Morgan fingerprint density at radius 2 is 2.00 bits per heavy atom. The Balaban J connectivity index is 2.24. The van der Waals surface area contributed by atoms with E-state index >= 15 is 0 Å². The van der Waals surface area contributed by atoms with Crippen molar-refractivity contribution in [3.8, 4) is 0 Å². The average Bonchev–Trinajstić information content (AvgIpc) is 2.65. The Hall–Kier alpha value is -2.30. The first kappa shape index (κ1) is 13.1. The van der Waals surface area contributed by atoms with Gasteiger partial charge in [-0.1, -0.05) is 18.2 Å². The second kappa shape index (κ2) is 5.14. The number of carbonyl (C=O) groups excluding carboxylic acids is 2. The number of aryl methyl sites for hydroxylation is 1. The van der Waals surface area contributed by atoms with Crippen LogP contribution in [0.1, 0.15) is 5.69 Å². The first-order chi connectivity index (χ1) is 8.99. The third kappa shape index (κ3) is 2.76. The molecule has 2 amide bonds. The molecule has 0 aliphatic rings. The molecule has 0 saturated heterocycles. The van der Waals surface area contributed by atoms with E-state index in [4.69, 9.17) is 5.73 Å². The molecule has 5 heteroatoms. The molecule has 0 radical (unpaired) electrons. The summed E-state index contributed by atoms with van der Waals surface area (Å²) in [6.45, 7) is 2.11. The number of benzene rings is 1. The van der Waals surface area contributed by atoms with Crippen LogP contribution in [-0.4, -0.2) is 34.9 Å². The number of carbonyl (C=O) groups is 2. The largest absolute Gasteiger partial charge is 0.368 e. The highest BCUT2D eigenvalue weighted by Crippen LogP contribution is 2.19. The summed E-state index contributed by atoms with van der Waals surface area (Å²) in [5, 5.41) is 1.10. The van der Waals surface area contributed by atoms with Gasteiger partial charge in [-0.05, 0) is 24.4 Å². The van der Waals surface area contributed by atoms with Gasteiger partial charge in [0.05, 0.1) is 6.54 Å². The third-order valence-corrected chi connectivity index (χ3v) is 3.13. The lowest BCUT2D eigenvalue weighted by atomic mass is 10.2. The Labute approximate surface area is 111 Å². The number of primary amides is 1. The van der Waals surface area contributed by atoms with Crippen molar-refractivity contribution in [3.05, 3.63) is 36.0 Å². The van der Waals surface area contributed by atoms with Gasteiger partial charge in [0.15, 0.2) is 0 Å². The molecule has 0 aliphatic heterocycles. The molecule has 5 nitrogen and oxygen atoms in total. The van der Waals surface area contributed by atoms with E-state index in [2.05, 4.69) is 0 Å². The van der Waals surface area contributed by atoms with E-state index in [0.29, 0.717) is 0 Å². The predicted octanol–water partition coefficient (Wildman–Crippen LogP) is 0.893. The molecule has 2 rings (SSSR count). The van der Waals surface area contributed by atoms with Gasteiger partial charge in [0.25, 0.3) is 0 Å². The molecule has 0 unspecified atom stereocenters. The molecule has 1 heterocycles. The smallest absolute Gasteiger partial charge is 0.242 e. The number of amides is 2. The Morgan fingerprint density at radius 3 is 2.68 bits per heavy atom. The minimum atomic E-state index is -0.509. The van der Waals surface area contributed by atoms with Crippen LogP contribution in [0.4, 0.5) is 0 Å². The number of hydrogen-bond donors (Lipinski definition) is 1. The number of hydrogen-bond acceptors (Lipinski definition) is 2. The summed E-state index contributed by atoms with van der Waals surface area (Å²) in [6, 6.07) is 9.93. The minimum Gasteiger partial charge on any atom is -0.368 e. The maximum absolute atomic E-state index is 12.0. The highest BCUT2D eigenvalue weighted by atomic mass is 16.2. The molecular formula is C14H17N3O2.